The summed E-state index contributed by atoms with van der Waals surface area (Å²) >= 11 is 0. The van der Waals surface area contributed by atoms with Crippen LogP contribution in [0.4, 0.5) is 0 Å². The predicted octanol–water partition coefficient (Wildman–Crippen LogP) is 1.49. The lowest BCUT2D eigenvalue weighted by molar-refractivity contribution is -0.137. The molecule has 0 atom stereocenters. The minimum atomic E-state index is -1.21. The molecule has 0 saturated carbocycles. The molecule has 0 radical (unpaired) electrons. The lowest BCUT2D eigenvalue weighted by Gasteiger charge is -2.04. The minimum absolute atomic E-state index is 0.0420. The molecule has 0 heterocycles. The normalized spacial score (nSPS) is 10.0. The van der Waals surface area contributed by atoms with E-state index >= 15 is 0 Å². The highest BCUT2D eigenvalue weighted by Gasteiger charge is 2.11. The van der Waals surface area contributed by atoms with Gasteiger partial charge in [-0.3, -0.25) is 4.79 Å². The Kier molecular flexibility index (Phi) is 4.42. The van der Waals surface area contributed by atoms with Crippen molar-refractivity contribution in [3.05, 3.63) is 34.9 Å². The topological polar surface area (TPSA) is 112 Å². The standard InChI is InChI=1S/C12H12O6/c13-10(14)3-1-2-7-4-8(11(15)16)6-9(5-7)12(17)18/h4-6H,1-3H2,(H,13,14)(H,15,16)(H,17,18). The number of hydrogen-bond donors (Lipinski definition) is 3. The zero-order chi connectivity index (χ0) is 13.7. The van der Waals surface area contributed by atoms with E-state index in [2.05, 4.69) is 0 Å². The van der Waals surface area contributed by atoms with Gasteiger partial charge in [-0.05, 0) is 36.6 Å². The molecule has 0 aromatic heterocycles. The highest BCUT2D eigenvalue weighted by molar-refractivity contribution is 5.94. The van der Waals surface area contributed by atoms with Gasteiger partial charge in [0.2, 0.25) is 0 Å². The van der Waals surface area contributed by atoms with Crippen molar-refractivity contribution >= 4 is 17.9 Å². The molecular weight excluding hydrogens is 240 g/mol. The Balaban J connectivity index is 2.93. The minimum Gasteiger partial charge on any atom is -0.481 e. The maximum atomic E-state index is 10.8. The third-order valence-corrected chi connectivity index (χ3v) is 2.34. The molecule has 0 unspecified atom stereocenters. The van der Waals surface area contributed by atoms with Gasteiger partial charge in [0.05, 0.1) is 11.1 Å². The SMILES string of the molecule is O=C(O)CCCc1cc(C(=O)O)cc(C(=O)O)c1. The van der Waals surface area contributed by atoms with E-state index in [0.29, 0.717) is 18.4 Å². The van der Waals surface area contributed by atoms with Gasteiger partial charge in [-0.25, -0.2) is 9.59 Å². The number of aryl methyl sites for hydroxylation is 1. The number of carbonyl (C=O) groups is 3. The van der Waals surface area contributed by atoms with Crippen molar-refractivity contribution in [2.24, 2.45) is 0 Å². The fourth-order valence-corrected chi connectivity index (χ4v) is 1.53. The van der Waals surface area contributed by atoms with Gasteiger partial charge < -0.3 is 15.3 Å². The van der Waals surface area contributed by atoms with E-state index in [9.17, 15) is 14.4 Å². The largest absolute Gasteiger partial charge is 0.481 e. The van der Waals surface area contributed by atoms with Crippen LogP contribution in [0.15, 0.2) is 18.2 Å². The van der Waals surface area contributed by atoms with E-state index in [1.54, 1.807) is 0 Å². The summed E-state index contributed by atoms with van der Waals surface area (Å²) in [7, 11) is 0. The molecule has 1 aromatic rings. The average molecular weight is 252 g/mol. The molecule has 0 spiro atoms. The first-order valence-electron chi connectivity index (χ1n) is 5.22. The van der Waals surface area contributed by atoms with Crippen molar-refractivity contribution < 1.29 is 29.7 Å². The molecule has 18 heavy (non-hydrogen) atoms. The highest BCUT2D eigenvalue weighted by Crippen LogP contribution is 2.13. The fourth-order valence-electron chi connectivity index (χ4n) is 1.53. The number of carboxylic acids is 3. The zero-order valence-corrected chi connectivity index (χ0v) is 9.42. The van der Waals surface area contributed by atoms with Gasteiger partial charge in [0, 0.05) is 6.42 Å². The molecule has 0 fully saturated rings. The first-order valence-corrected chi connectivity index (χ1v) is 5.22. The van der Waals surface area contributed by atoms with Crippen LogP contribution in [0.25, 0.3) is 0 Å². The van der Waals surface area contributed by atoms with Gasteiger partial charge >= 0.3 is 17.9 Å². The molecule has 0 amide bonds. The highest BCUT2D eigenvalue weighted by atomic mass is 16.4. The Labute approximate surface area is 102 Å². The lowest BCUT2D eigenvalue weighted by atomic mass is 10.0. The number of aliphatic carboxylic acids is 1. The van der Waals surface area contributed by atoms with Gasteiger partial charge in [0.1, 0.15) is 0 Å². The Hall–Kier alpha value is -2.37. The van der Waals surface area contributed by atoms with E-state index in [4.69, 9.17) is 15.3 Å². The van der Waals surface area contributed by atoms with Crippen LogP contribution in [0, 0.1) is 0 Å². The number of carboxylic acid groups (broad SMARTS) is 3. The van der Waals surface area contributed by atoms with E-state index in [-0.39, 0.29) is 17.5 Å². The van der Waals surface area contributed by atoms with Crippen LogP contribution in [0.1, 0.15) is 39.1 Å². The van der Waals surface area contributed by atoms with Crippen LogP contribution < -0.4 is 0 Å². The summed E-state index contributed by atoms with van der Waals surface area (Å²) in [5.74, 6) is -3.36. The second-order valence-electron chi connectivity index (χ2n) is 3.78. The van der Waals surface area contributed by atoms with E-state index in [0.717, 1.165) is 6.07 Å². The van der Waals surface area contributed by atoms with E-state index in [1.807, 2.05) is 0 Å². The molecule has 96 valence electrons. The number of aromatic carboxylic acids is 2. The Bertz CT molecular complexity index is 459. The molecule has 0 aliphatic carbocycles. The third-order valence-electron chi connectivity index (χ3n) is 2.34. The Morgan fingerprint density at radius 2 is 1.39 bits per heavy atom. The van der Waals surface area contributed by atoms with Crippen molar-refractivity contribution in [2.75, 3.05) is 0 Å². The molecule has 6 heteroatoms. The van der Waals surface area contributed by atoms with Gasteiger partial charge in [0.15, 0.2) is 0 Å². The Morgan fingerprint density at radius 3 is 1.78 bits per heavy atom. The van der Waals surface area contributed by atoms with Crippen LogP contribution in [0.5, 0.6) is 0 Å². The zero-order valence-electron chi connectivity index (χ0n) is 9.42. The second-order valence-corrected chi connectivity index (χ2v) is 3.78. The van der Waals surface area contributed by atoms with Crippen molar-refractivity contribution in [3.63, 3.8) is 0 Å². The Morgan fingerprint density at radius 1 is 0.889 bits per heavy atom. The van der Waals surface area contributed by atoms with E-state index in [1.165, 1.54) is 12.1 Å². The maximum absolute atomic E-state index is 10.8. The van der Waals surface area contributed by atoms with Crippen LogP contribution in [0.2, 0.25) is 0 Å². The van der Waals surface area contributed by atoms with Gasteiger partial charge in [-0.15, -0.1) is 0 Å². The number of hydrogen-bond acceptors (Lipinski definition) is 3. The van der Waals surface area contributed by atoms with Crippen LogP contribution in [0.3, 0.4) is 0 Å². The lowest BCUT2D eigenvalue weighted by Crippen LogP contribution is -2.04. The van der Waals surface area contributed by atoms with Crippen LogP contribution >= 0.6 is 0 Å². The molecular formula is C12H12O6. The monoisotopic (exact) mass is 252 g/mol. The average Bonchev–Trinajstić information content (AvgIpc) is 2.28. The molecule has 0 bridgehead atoms. The summed E-state index contributed by atoms with van der Waals surface area (Å²) in [4.78, 5) is 32.0. The summed E-state index contributed by atoms with van der Waals surface area (Å²) in [6.07, 6.45) is 0.616. The fraction of sp³-hybridized carbons (Fsp3) is 0.250. The van der Waals surface area contributed by atoms with Gasteiger partial charge in [0.25, 0.3) is 0 Å². The summed E-state index contributed by atoms with van der Waals surface area (Å²) in [6.45, 7) is 0. The van der Waals surface area contributed by atoms with Gasteiger partial charge in [-0.2, -0.15) is 0 Å². The van der Waals surface area contributed by atoms with Crippen molar-refractivity contribution in [1.82, 2.24) is 0 Å². The third kappa shape index (κ3) is 3.89. The van der Waals surface area contributed by atoms with Crippen molar-refractivity contribution in [2.45, 2.75) is 19.3 Å². The molecule has 0 aliphatic rings. The van der Waals surface area contributed by atoms with Crippen molar-refractivity contribution in [1.29, 1.82) is 0 Å². The van der Waals surface area contributed by atoms with Crippen molar-refractivity contribution in [3.8, 4) is 0 Å². The molecule has 1 aromatic carbocycles. The smallest absolute Gasteiger partial charge is 0.335 e. The second kappa shape index (κ2) is 5.81. The quantitative estimate of drug-likeness (QED) is 0.707. The first kappa shape index (κ1) is 13.7. The summed E-state index contributed by atoms with van der Waals surface area (Å²) in [6, 6.07) is 3.79. The molecule has 6 nitrogen and oxygen atoms in total. The van der Waals surface area contributed by atoms with Crippen LogP contribution in [-0.4, -0.2) is 33.2 Å². The molecule has 0 saturated heterocycles. The number of benzene rings is 1. The van der Waals surface area contributed by atoms with Gasteiger partial charge in [-0.1, -0.05) is 0 Å². The van der Waals surface area contributed by atoms with E-state index < -0.39 is 17.9 Å². The number of rotatable bonds is 6. The molecule has 0 aliphatic heterocycles. The summed E-state index contributed by atoms with van der Waals surface area (Å²) in [5, 5.41) is 26.2. The summed E-state index contributed by atoms with van der Waals surface area (Å²) < 4.78 is 0. The predicted molar refractivity (Wildman–Crippen MR) is 60.9 cm³/mol. The molecule has 3 N–H and O–H groups in total. The molecule has 1 rings (SSSR count). The van der Waals surface area contributed by atoms with Crippen LogP contribution in [-0.2, 0) is 11.2 Å². The first-order chi connectivity index (χ1) is 8.40. The summed E-state index contributed by atoms with van der Waals surface area (Å²) in [5.41, 5.74) is 0.286. The maximum Gasteiger partial charge on any atom is 0.335 e.